The Morgan fingerprint density at radius 1 is 1.25 bits per heavy atom. The Morgan fingerprint density at radius 2 is 2.08 bits per heavy atom. The van der Waals surface area contributed by atoms with Crippen LogP contribution in [-0.4, -0.2) is 23.2 Å². The zero-order valence-corrected chi connectivity index (χ0v) is 14.0. The number of hydrogen-bond donors (Lipinski definition) is 0. The highest BCUT2D eigenvalue weighted by Crippen LogP contribution is 2.40. The Morgan fingerprint density at radius 3 is 2.88 bits per heavy atom. The summed E-state index contributed by atoms with van der Waals surface area (Å²) < 4.78 is 32.8. The number of carbonyl (C=O) groups excluding carboxylic acids is 1. The van der Waals surface area contributed by atoms with Crippen LogP contribution in [0.2, 0.25) is 0 Å². The smallest absolute Gasteiger partial charge is 0.234 e. The van der Waals surface area contributed by atoms with Crippen LogP contribution in [0.3, 0.4) is 0 Å². The lowest BCUT2D eigenvalue weighted by Gasteiger charge is -2.25. The van der Waals surface area contributed by atoms with Gasteiger partial charge in [-0.2, -0.15) is 0 Å². The molecule has 2 aromatic carbocycles. The molecule has 0 saturated carbocycles. The van der Waals surface area contributed by atoms with Crippen LogP contribution in [0.1, 0.15) is 23.4 Å². The summed E-state index contributed by atoms with van der Waals surface area (Å²) in [6.45, 7) is 2.50. The van der Waals surface area contributed by atoms with Crippen molar-refractivity contribution < 1.29 is 18.3 Å². The molecule has 6 heteroatoms. The van der Waals surface area contributed by atoms with E-state index in [0.717, 1.165) is 29.5 Å². The van der Waals surface area contributed by atoms with E-state index in [4.69, 9.17) is 4.74 Å². The zero-order valence-electron chi connectivity index (χ0n) is 13.2. The van der Waals surface area contributed by atoms with E-state index < -0.39 is 11.6 Å². The molecule has 1 amide bonds. The van der Waals surface area contributed by atoms with Gasteiger partial charge in [0, 0.05) is 5.56 Å². The highest BCUT2D eigenvalue weighted by molar-refractivity contribution is 8.00. The quantitative estimate of drug-likeness (QED) is 0.813. The molecule has 1 heterocycles. The normalized spacial score (nSPS) is 17.4. The Labute approximate surface area is 143 Å². The largest absolute Gasteiger partial charge is 0.494 e. The minimum atomic E-state index is -0.513. The van der Waals surface area contributed by atoms with Crippen molar-refractivity contribution in [2.75, 3.05) is 12.4 Å². The van der Waals surface area contributed by atoms with Crippen LogP contribution in [-0.2, 0) is 11.3 Å². The number of ether oxygens (including phenoxy) is 1. The van der Waals surface area contributed by atoms with Gasteiger partial charge in [0.15, 0.2) is 0 Å². The monoisotopic (exact) mass is 349 g/mol. The van der Waals surface area contributed by atoms with Crippen molar-refractivity contribution in [1.29, 1.82) is 0 Å². The van der Waals surface area contributed by atoms with Gasteiger partial charge < -0.3 is 9.64 Å². The average molecular weight is 349 g/mol. The zero-order chi connectivity index (χ0) is 17.1. The molecule has 3 nitrogen and oxygen atoms in total. The molecule has 126 valence electrons. The SMILES string of the molecule is CCOc1cccc(C2SCC(=O)N2Cc2cc(F)ccc2F)c1. The summed E-state index contributed by atoms with van der Waals surface area (Å²) in [6, 6.07) is 10.8. The molecule has 1 fully saturated rings. The number of rotatable bonds is 5. The third-order valence-corrected chi connectivity index (χ3v) is 5.03. The van der Waals surface area contributed by atoms with Crippen LogP contribution in [0.25, 0.3) is 0 Å². The summed E-state index contributed by atoms with van der Waals surface area (Å²) in [5.41, 5.74) is 1.09. The number of carbonyl (C=O) groups is 1. The summed E-state index contributed by atoms with van der Waals surface area (Å²) in [7, 11) is 0. The standard InChI is InChI=1S/C18H17F2NO2S/c1-2-23-15-5-3-4-12(9-15)18-21(17(22)11-24-18)10-13-8-14(19)6-7-16(13)20/h3-9,18H,2,10-11H2,1H3. The average Bonchev–Trinajstić information content (AvgIpc) is 2.93. The third-order valence-electron chi connectivity index (χ3n) is 3.77. The fraction of sp³-hybridized carbons (Fsp3) is 0.278. The van der Waals surface area contributed by atoms with Crippen LogP contribution >= 0.6 is 11.8 Å². The van der Waals surface area contributed by atoms with E-state index in [1.807, 2.05) is 31.2 Å². The molecule has 24 heavy (non-hydrogen) atoms. The van der Waals surface area contributed by atoms with E-state index in [9.17, 15) is 13.6 Å². The lowest BCUT2D eigenvalue weighted by molar-refractivity contribution is -0.128. The van der Waals surface area contributed by atoms with Crippen molar-refractivity contribution in [3.63, 3.8) is 0 Å². The lowest BCUT2D eigenvalue weighted by atomic mass is 10.1. The second-order valence-electron chi connectivity index (χ2n) is 5.43. The van der Waals surface area contributed by atoms with Gasteiger partial charge >= 0.3 is 0 Å². The Kier molecular flexibility index (Phi) is 5.04. The third kappa shape index (κ3) is 3.53. The molecule has 0 aliphatic carbocycles. The lowest BCUT2D eigenvalue weighted by Crippen LogP contribution is -2.28. The molecule has 0 spiro atoms. The van der Waals surface area contributed by atoms with E-state index in [2.05, 4.69) is 0 Å². The van der Waals surface area contributed by atoms with E-state index >= 15 is 0 Å². The van der Waals surface area contributed by atoms with E-state index in [-0.39, 0.29) is 23.4 Å². The number of thioether (sulfide) groups is 1. The number of nitrogens with zero attached hydrogens (tertiary/aromatic N) is 1. The van der Waals surface area contributed by atoms with Gasteiger partial charge in [-0.15, -0.1) is 11.8 Å². The van der Waals surface area contributed by atoms with Crippen LogP contribution in [0.4, 0.5) is 8.78 Å². The molecule has 2 aromatic rings. The first kappa shape index (κ1) is 16.8. The molecule has 0 N–H and O–H groups in total. The maximum Gasteiger partial charge on any atom is 0.234 e. The summed E-state index contributed by atoms with van der Waals surface area (Å²) >= 11 is 1.47. The van der Waals surface area contributed by atoms with Crippen LogP contribution in [0.15, 0.2) is 42.5 Å². The van der Waals surface area contributed by atoms with Gasteiger partial charge in [0.2, 0.25) is 5.91 Å². The minimum absolute atomic E-state index is 0.0406. The molecule has 1 aliphatic rings. The predicted octanol–water partition coefficient (Wildman–Crippen LogP) is 4.14. The van der Waals surface area contributed by atoms with Crippen LogP contribution < -0.4 is 4.74 Å². The Balaban J connectivity index is 1.87. The van der Waals surface area contributed by atoms with Gasteiger partial charge in [0.1, 0.15) is 22.8 Å². The highest BCUT2D eigenvalue weighted by Gasteiger charge is 2.33. The van der Waals surface area contributed by atoms with Gasteiger partial charge in [0.25, 0.3) is 0 Å². The molecule has 1 saturated heterocycles. The predicted molar refractivity (Wildman–Crippen MR) is 89.7 cm³/mol. The molecular formula is C18H17F2NO2S. The summed E-state index contributed by atoms with van der Waals surface area (Å²) in [5, 5.41) is -0.236. The summed E-state index contributed by atoms with van der Waals surface area (Å²) in [4.78, 5) is 13.8. The van der Waals surface area contributed by atoms with Gasteiger partial charge in [0.05, 0.1) is 18.9 Å². The molecule has 1 unspecified atom stereocenters. The van der Waals surface area contributed by atoms with Crippen molar-refractivity contribution in [1.82, 2.24) is 4.90 Å². The van der Waals surface area contributed by atoms with Gasteiger partial charge in [-0.25, -0.2) is 8.78 Å². The molecule has 3 rings (SSSR count). The maximum absolute atomic E-state index is 13.9. The van der Waals surface area contributed by atoms with Crippen LogP contribution in [0, 0.1) is 11.6 Å². The maximum atomic E-state index is 13.9. The van der Waals surface area contributed by atoms with Crippen molar-refractivity contribution in [3.05, 3.63) is 65.2 Å². The fourth-order valence-corrected chi connectivity index (χ4v) is 3.85. The van der Waals surface area contributed by atoms with E-state index in [0.29, 0.717) is 12.4 Å². The number of amides is 1. The Hall–Kier alpha value is -2.08. The van der Waals surface area contributed by atoms with E-state index in [1.54, 1.807) is 4.90 Å². The first-order valence-corrected chi connectivity index (χ1v) is 8.71. The number of benzene rings is 2. The highest BCUT2D eigenvalue weighted by atomic mass is 32.2. The van der Waals surface area contributed by atoms with Crippen molar-refractivity contribution in [2.24, 2.45) is 0 Å². The number of hydrogen-bond acceptors (Lipinski definition) is 3. The number of halogens is 2. The van der Waals surface area contributed by atoms with Crippen LogP contribution in [0.5, 0.6) is 5.75 Å². The second-order valence-corrected chi connectivity index (χ2v) is 6.49. The van der Waals surface area contributed by atoms with Gasteiger partial charge in [-0.05, 0) is 42.8 Å². The topological polar surface area (TPSA) is 29.5 Å². The van der Waals surface area contributed by atoms with Gasteiger partial charge in [-0.1, -0.05) is 12.1 Å². The molecule has 1 atom stereocenters. The van der Waals surface area contributed by atoms with Gasteiger partial charge in [-0.3, -0.25) is 4.79 Å². The molecule has 0 aromatic heterocycles. The van der Waals surface area contributed by atoms with Crippen molar-refractivity contribution in [2.45, 2.75) is 18.8 Å². The first-order chi connectivity index (χ1) is 11.6. The van der Waals surface area contributed by atoms with E-state index in [1.165, 1.54) is 11.8 Å². The minimum Gasteiger partial charge on any atom is -0.494 e. The molecule has 0 bridgehead atoms. The fourth-order valence-electron chi connectivity index (χ4n) is 2.67. The first-order valence-electron chi connectivity index (χ1n) is 7.66. The molecular weight excluding hydrogens is 332 g/mol. The molecule has 0 radical (unpaired) electrons. The van der Waals surface area contributed by atoms with Crippen molar-refractivity contribution in [3.8, 4) is 5.75 Å². The van der Waals surface area contributed by atoms with Crippen molar-refractivity contribution >= 4 is 17.7 Å². The second kappa shape index (κ2) is 7.21. The Bertz CT molecular complexity index is 754. The summed E-state index contributed by atoms with van der Waals surface area (Å²) in [6.07, 6.45) is 0. The summed E-state index contributed by atoms with van der Waals surface area (Å²) in [5.74, 6) is -0.0636. The molecule has 1 aliphatic heterocycles.